The fourth-order valence-electron chi connectivity index (χ4n) is 4.27. The predicted molar refractivity (Wildman–Crippen MR) is 126 cm³/mol. The van der Waals surface area contributed by atoms with Crippen molar-refractivity contribution in [2.24, 2.45) is 0 Å². The lowest BCUT2D eigenvalue weighted by Crippen LogP contribution is -2.43. The van der Waals surface area contributed by atoms with Crippen LogP contribution in [0.3, 0.4) is 0 Å². The number of anilines is 1. The maximum atomic E-state index is 13.3. The zero-order chi connectivity index (χ0) is 22.8. The Balaban J connectivity index is 1.41. The zero-order valence-corrected chi connectivity index (χ0v) is 18.4. The molecule has 33 heavy (non-hydrogen) atoms. The lowest BCUT2D eigenvalue weighted by atomic mass is 10.0. The fraction of sp³-hybridized carbons (Fsp3) is 0.222. The summed E-state index contributed by atoms with van der Waals surface area (Å²) >= 11 is 0. The number of ether oxygens (including phenoxy) is 1. The van der Waals surface area contributed by atoms with E-state index >= 15 is 0 Å². The average molecular weight is 440 g/mol. The molecule has 1 unspecified atom stereocenters. The van der Waals surface area contributed by atoms with E-state index in [4.69, 9.17) is 9.15 Å². The van der Waals surface area contributed by atoms with Crippen LogP contribution in [0.25, 0.3) is 22.6 Å². The first-order valence-corrected chi connectivity index (χ1v) is 11.2. The van der Waals surface area contributed by atoms with Crippen LogP contribution in [0.2, 0.25) is 0 Å². The standard InChI is InChI=1S/C27H24N2O4/c1-2-23(26(30)29-17-9-11-18-10-3-7-15-22(18)29)33-27(31)20-13-5-4-12-19(20)25-28-21-14-6-8-16-24(21)32-25/h3-8,10,12-16,23H,2,9,11,17H2,1H3. The van der Waals surface area contributed by atoms with Crippen molar-refractivity contribution in [3.63, 3.8) is 0 Å². The number of esters is 1. The highest BCUT2D eigenvalue weighted by Gasteiger charge is 2.31. The van der Waals surface area contributed by atoms with E-state index in [-0.39, 0.29) is 5.91 Å². The Morgan fingerprint density at radius 2 is 1.79 bits per heavy atom. The highest BCUT2D eigenvalue weighted by molar-refractivity contribution is 6.01. The third-order valence-corrected chi connectivity index (χ3v) is 5.94. The van der Waals surface area contributed by atoms with E-state index in [0.29, 0.717) is 41.1 Å². The van der Waals surface area contributed by atoms with Gasteiger partial charge in [-0.15, -0.1) is 0 Å². The molecule has 2 heterocycles. The predicted octanol–water partition coefficient (Wildman–Crippen LogP) is 5.41. The molecule has 0 saturated heterocycles. The van der Waals surface area contributed by atoms with Gasteiger partial charge in [0.05, 0.1) is 11.1 Å². The number of para-hydroxylation sites is 3. The van der Waals surface area contributed by atoms with Crippen LogP contribution in [0.1, 0.15) is 35.7 Å². The molecule has 6 heteroatoms. The molecule has 0 radical (unpaired) electrons. The third-order valence-electron chi connectivity index (χ3n) is 5.94. The van der Waals surface area contributed by atoms with Crippen molar-refractivity contribution in [3.8, 4) is 11.5 Å². The number of aromatic nitrogens is 1. The highest BCUT2D eigenvalue weighted by atomic mass is 16.5. The molecular weight excluding hydrogens is 416 g/mol. The molecule has 1 aliphatic heterocycles. The molecular formula is C27H24N2O4. The van der Waals surface area contributed by atoms with Crippen molar-refractivity contribution in [2.45, 2.75) is 32.3 Å². The molecule has 5 rings (SSSR count). The van der Waals surface area contributed by atoms with E-state index in [1.165, 1.54) is 0 Å². The van der Waals surface area contributed by atoms with Crippen LogP contribution in [0, 0.1) is 0 Å². The van der Waals surface area contributed by atoms with Gasteiger partial charge < -0.3 is 14.1 Å². The quantitative estimate of drug-likeness (QED) is 0.388. The van der Waals surface area contributed by atoms with E-state index in [2.05, 4.69) is 4.98 Å². The van der Waals surface area contributed by atoms with Crippen LogP contribution in [-0.4, -0.2) is 29.5 Å². The summed E-state index contributed by atoms with van der Waals surface area (Å²) in [5, 5.41) is 0. The van der Waals surface area contributed by atoms with Crippen molar-refractivity contribution in [1.82, 2.24) is 4.98 Å². The Kier molecular flexibility index (Phi) is 5.65. The van der Waals surface area contributed by atoms with Gasteiger partial charge in [0.25, 0.3) is 5.91 Å². The molecule has 4 aromatic rings. The smallest absolute Gasteiger partial charge is 0.339 e. The Bertz CT molecular complexity index is 1290. The number of oxazole rings is 1. The second-order valence-corrected chi connectivity index (χ2v) is 8.06. The maximum Gasteiger partial charge on any atom is 0.339 e. The number of benzene rings is 3. The first kappa shape index (κ1) is 20.9. The number of hydrogen-bond donors (Lipinski definition) is 0. The van der Waals surface area contributed by atoms with Gasteiger partial charge in [0.15, 0.2) is 11.7 Å². The molecule has 1 atom stereocenters. The first-order valence-electron chi connectivity index (χ1n) is 11.2. The molecule has 166 valence electrons. The average Bonchev–Trinajstić information content (AvgIpc) is 3.30. The summed E-state index contributed by atoms with van der Waals surface area (Å²) in [7, 11) is 0. The normalized spacial score (nSPS) is 14.0. The van der Waals surface area contributed by atoms with Crippen molar-refractivity contribution < 1.29 is 18.7 Å². The molecule has 0 spiro atoms. The molecule has 0 saturated carbocycles. The molecule has 0 fully saturated rings. The lowest BCUT2D eigenvalue weighted by Gasteiger charge is -2.32. The number of aryl methyl sites for hydroxylation is 1. The topological polar surface area (TPSA) is 72.6 Å². The van der Waals surface area contributed by atoms with E-state index in [0.717, 1.165) is 24.1 Å². The summed E-state index contributed by atoms with van der Waals surface area (Å²) in [4.78, 5) is 32.8. The zero-order valence-electron chi connectivity index (χ0n) is 18.4. The van der Waals surface area contributed by atoms with Crippen LogP contribution in [-0.2, 0) is 16.0 Å². The van der Waals surface area contributed by atoms with Gasteiger partial charge in [0.1, 0.15) is 5.52 Å². The van der Waals surface area contributed by atoms with Crippen LogP contribution < -0.4 is 4.90 Å². The van der Waals surface area contributed by atoms with Crippen LogP contribution in [0.15, 0.2) is 77.2 Å². The lowest BCUT2D eigenvalue weighted by molar-refractivity contribution is -0.127. The van der Waals surface area contributed by atoms with Crippen LogP contribution >= 0.6 is 0 Å². The number of amides is 1. The Hall–Kier alpha value is -3.93. The van der Waals surface area contributed by atoms with Crippen molar-refractivity contribution in [1.29, 1.82) is 0 Å². The second kappa shape index (κ2) is 8.90. The summed E-state index contributed by atoms with van der Waals surface area (Å²) < 4.78 is 11.6. The maximum absolute atomic E-state index is 13.3. The second-order valence-electron chi connectivity index (χ2n) is 8.06. The molecule has 1 amide bonds. The van der Waals surface area contributed by atoms with Gasteiger partial charge in [-0.1, -0.05) is 49.4 Å². The summed E-state index contributed by atoms with van der Waals surface area (Å²) in [5.41, 5.74) is 4.23. The van der Waals surface area contributed by atoms with E-state index in [9.17, 15) is 9.59 Å². The minimum Gasteiger partial charge on any atom is -0.449 e. The van der Waals surface area contributed by atoms with Gasteiger partial charge in [0, 0.05) is 12.2 Å². The Labute approximate surface area is 191 Å². The minimum absolute atomic E-state index is 0.197. The summed E-state index contributed by atoms with van der Waals surface area (Å²) in [5.74, 6) is -0.427. The minimum atomic E-state index is -0.875. The first-order chi connectivity index (χ1) is 16.2. The summed E-state index contributed by atoms with van der Waals surface area (Å²) in [6, 6.07) is 22.3. The van der Waals surface area contributed by atoms with Gasteiger partial charge in [-0.3, -0.25) is 4.79 Å². The highest BCUT2D eigenvalue weighted by Crippen LogP contribution is 2.30. The largest absolute Gasteiger partial charge is 0.449 e. The van der Waals surface area contributed by atoms with Gasteiger partial charge in [-0.05, 0) is 55.2 Å². The van der Waals surface area contributed by atoms with E-state index < -0.39 is 12.1 Å². The molecule has 1 aliphatic rings. The number of fused-ring (bicyclic) bond motifs is 2. The van der Waals surface area contributed by atoms with Crippen molar-refractivity contribution in [3.05, 3.63) is 83.9 Å². The van der Waals surface area contributed by atoms with Gasteiger partial charge in [-0.2, -0.15) is 0 Å². The molecule has 0 N–H and O–H groups in total. The molecule has 0 aliphatic carbocycles. The van der Waals surface area contributed by atoms with Crippen molar-refractivity contribution >= 4 is 28.7 Å². The molecule has 0 bridgehead atoms. The summed E-state index contributed by atoms with van der Waals surface area (Å²) in [6.45, 7) is 2.46. The molecule has 6 nitrogen and oxygen atoms in total. The number of hydrogen-bond acceptors (Lipinski definition) is 5. The number of nitrogens with zero attached hydrogens (tertiary/aromatic N) is 2. The van der Waals surface area contributed by atoms with Crippen molar-refractivity contribution in [2.75, 3.05) is 11.4 Å². The van der Waals surface area contributed by atoms with Gasteiger partial charge >= 0.3 is 5.97 Å². The molecule has 1 aromatic heterocycles. The number of rotatable bonds is 5. The van der Waals surface area contributed by atoms with Crippen LogP contribution in [0.4, 0.5) is 5.69 Å². The Morgan fingerprint density at radius 3 is 2.64 bits per heavy atom. The monoisotopic (exact) mass is 440 g/mol. The number of carbonyl (C=O) groups excluding carboxylic acids is 2. The SMILES string of the molecule is CCC(OC(=O)c1ccccc1-c1nc2ccccc2o1)C(=O)N1CCCc2ccccc21. The summed E-state index contributed by atoms with van der Waals surface area (Å²) in [6.07, 6.45) is 1.33. The van der Waals surface area contributed by atoms with Gasteiger partial charge in [-0.25, -0.2) is 9.78 Å². The molecule has 3 aromatic carbocycles. The van der Waals surface area contributed by atoms with E-state index in [1.807, 2.05) is 61.5 Å². The van der Waals surface area contributed by atoms with Gasteiger partial charge in [0.2, 0.25) is 5.89 Å². The third kappa shape index (κ3) is 4.00. The number of carbonyl (C=O) groups is 2. The Morgan fingerprint density at radius 1 is 1.03 bits per heavy atom. The van der Waals surface area contributed by atoms with Crippen LogP contribution in [0.5, 0.6) is 0 Å². The fourth-order valence-corrected chi connectivity index (χ4v) is 4.27. The van der Waals surface area contributed by atoms with E-state index in [1.54, 1.807) is 23.1 Å².